The fourth-order valence-electron chi connectivity index (χ4n) is 3.41. The minimum atomic E-state index is 0.137. The molecule has 0 bridgehead atoms. The van der Waals surface area contributed by atoms with Gasteiger partial charge >= 0.3 is 0 Å². The average molecular weight is 239 g/mol. The number of ether oxygens (including phenoxy) is 1. The molecule has 1 unspecified atom stereocenters. The van der Waals surface area contributed by atoms with Crippen LogP contribution in [0.2, 0.25) is 0 Å². The molecule has 0 saturated heterocycles. The molecule has 0 aromatic rings. The highest BCUT2D eigenvalue weighted by molar-refractivity contribution is 4.98. The van der Waals surface area contributed by atoms with Gasteiger partial charge in [0.25, 0.3) is 0 Å². The molecular formula is C15H29NO. The van der Waals surface area contributed by atoms with Crippen molar-refractivity contribution in [3.05, 3.63) is 0 Å². The Labute approximate surface area is 107 Å². The Balaban J connectivity index is 2.01. The standard InChI is InChI=1S/C15H29NO/c1-4-17-15(9-7-12(2)8-10-15)14(16-3)11-13-5-6-13/h12-14,16H,4-11H2,1-3H3. The second-order valence-corrected chi connectivity index (χ2v) is 6.20. The zero-order valence-corrected chi connectivity index (χ0v) is 11.8. The third-order valence-electron chi connectivity index (χ3n) is 4.80. The molecule has 1 N–H and O–H groups in total. The third kappa shape index (κ3) is 3.23. The highest BCUT2D eigenvalue weighted by Crippen LogP contribution is 2.42. The van der Waals surface area contributed by atoms with Crippen molar-refractivity contribution in [1.29, 1.82) is 0 Å². The normalized spacial score (nSPS) is 35.8. The third-order valence-corrected chi connectivity index (χ3v) is 4.80. The van der Waals surface area contributed by atoms with Gasteiger partial charge in [-0.1, -0.05) is 19.8 Å². The first kappa shape index (κ1) is 13.4. The summed E-state index contributed by atoms with van der Waals surface area (Å²) in [6, 6.07) is 0.572. The summed E-state index contributed by atoms with van der Waals surface area (Å²) in [5.74, 6) is 1.87. The van der Waals surface area contributed by atoms with E-state index in [-0.39, 0.29) is 5.60 Å². The second-order valence-electron chi connectivity index (χ2n) is 6.20. The van der Waals surface area contributed by atoms with Gasteiger partial charge in [-0.25, -0.2) is 0 Å². The summed E-state index contributed by atoms with van der Waals surface area (Å²) in [4.78, 5) is 0. The van der Waals surface area contributed by atoms with Crippen LogP contribution in [0.1, 0.15) is 58.8 Å². The van der Waals surface area contributed by atoms with E-state index in [1.807, 2.05) is 0 Å². The number of hydrogen-bond acceptors (Lipinski definition) is 2. The van der Waals surface area contributed by atoms with Crippen LogP contribution in [0, 0.1) is 11.8 Å². The van der Waals surface area contributed by atoms with Crippen LogP contribution in [0.15, 0.2) is 0 Å². The van der Waals surface area contributed by atoms with Gasteiger partial charge < -0.3 is 10.1 Å². The summed E-state index contributed by atoms with van der Waals surface area (Å²) >= 11 is 0. The first-order valence-corrected chi connectivity index (χ1v) is 7.51. The fourth-order valence-corrected chi connectivity index (χ4v) is 3.41. The predicted molar refractivity (Wildman–Crippen MR) is 72.2 cm³/mol. The smallest absolute Gasteiger partial charge is 0.0834 e. The monoisotopic (exact) mass is 239 g/mol. The maximum Gasteiger partial charge on any atom is 0.0834 e. The Morgan fingerprint density at radius 1 is 1.24 bits per heavy atom. The van der Waals surface area contributed by atoms with Crippen LogP contribution in [0.3, 0.4) is 0 Å². The van der Waals surface area contributed by atoms with E-state index < -0.39 is 0 Å². The molecule has 100 valence electrons. The quantitative estimate of drug-likeness (QED) is 0.767. The zero-order chi connectivity index (χ0) is 12.3. The van der Waals surface area contributed by atoms with Crippen molar-refractivity contribution in [2.24, 2.45) is 11.8 Å². The Bertz CT molecular complexity index is 229. The van der Waals surface area contributed by atoms with Crippen LogP contribution < -0.4 is 5.32 Å². The average Bonchev–Trinajstić information content (AvgIpc) is 3.14. The molecule has 2 aliphatic carbocycles. The lowest BCUT2D eigenvalue weighted by Gasteiger charge is -2.45. The molecule has 2 aliphatic rings. The molecule has 2 fully saturated rings. The van der Waals surface area contributed by atoms with Gasteiger partial charge in [0.05, 0.1) is 5.60 Å². The lowest BCUT2D eigenvalue weighted by molar-refractivity contribution is -0.0973. The molecule has 2 nitrogen and oxygen atoms in total. The van der Waals surface area contributed by atoms with Crippen molar-refractivity contribution in [1.82, 2.24) is 5.32 Å². The largest absolute Gasteiger partial charge is 0.374 e. The van der Waals surface area contributed by atoms with Crippen LogP contribution in [0.5, 0.6) is 0 Å². The molecule has 2 saturated carbocycles. The van der Waals surface area contributed by atoms with Crippen molar-refractivity contribution >= 4 is 0 Å². The van der Waals surface area contributed by atoms with Crippen LogP contribution in [0.4, 0.5) is 0 Å². The minimum Gasteiger partial charge on any atom is -0.374 e. The van der Waals surface area contributed by atoms with Gasteiger partial charge in [0.2, 0.25) is 0 Å². The lowest BCUT2D eigenvalue weighted by Crippen LogP contribution is -2.53. The van der Waals surface area contributed by atoms with E-state index in [1.165, 1.54) is 44.9 Å². The highest BCUT2D eigenvalue weighted by Gasteiger charge is 2.43. The summed E-state index contributed by atoms with van der Waals surface area (Å²) in [6.07, 6.45) is 9.38. The van der Waals surface area contributed by atoms with Gasteiger partial charge in [-0.05, 0) is 57.9 Å². The van der Waals surface area contributed by atoms with Gasteiger partial charge in [0, 0.05) is 12.6 Å². The van der Waals surface area contributed by atoms with Crippen molar-refractivity contribution in [3.8, 4) is 0 Å². The molecule has 2 heteroatoms. The molecular weight excluding hydrogens is 210 g/mol. The predicted octanol–water partition coefficient (Wildman–Crippen LogP) is 3.36. The number of likely N-dealkylation sites (N-methyl/N-ethyl adjacent to an activating group) is 1. The van der Waals surface area contributed by atoms with Crippen LogP contribution in [-0.4, -0.2) is 25.3 Å². The van der Waals surface area contributed by atoms with E-state index >= 15 is 0 Å². The van der Waals surface area contributed by atoms with E-state index in [4.69, 9.17) is 4.74 Å². The topological polar surface area (TPSA) is 21.3 Å². The molecule has 0 heterocycles. The van der Waals surface area contributed by atoms with Crippen molar-refractivity contribution in [2.75, 3.05) is 13.7 Å². The van der Waals surface area contributed by atoms with Gasteiger partial charge in [0.15, 0.2) is 0 Å². The van der Waals surface area contributed by atoms with Crippen molar-refractivity contribution < 1.29 is 4.74 Å². The van der Waals surface area contributed by atoms with Crippen LogP contribution >= 0.6 is 0 Å². The zero-order valence-electron chi connectivity index (χ0n) is 11.8. The van der Waals surface area contributed by atoms with E-state index in [2.05, 4.69) is 26.2 Å². The Hall–Kier alpha value is -0.0800. The van der Waals surface area contributed by atoms with Crippen molar-refractivity contribution in [2.45, 2.75) is 70.4 Å². The maximum atomic E-state index is 6.24. The van der Waals surface area contributed by atoms with E-state index in [9.17, 15) is 0 Å². The molecule has 0 aromatic carbocycles. The first-order chi connectivity index (χ1) is 8.20. The second kappa shape index (κ2) is 5.71. The Morgan fingerprint density at radius 2 is 1.88 bits per heavy atom. The van der Waals surface area contributed by atoms with Crippen LogP contribution in [0.25, 0.3) is 0 Å². The summed E-state index contributed by atoms with van der Waals surface area (Å²) in [5, 5.41) is 3.56. The molecule has 0 amide bonds. The lowest BCUT2D eigenvalue weighted by atomic mass is 9.74. The Kier molecular flexibility index (Phi) is 4.48. The van der Waals surface area contributed by atoms with E-state index in [0.29, 0.717) is 6.04 Å². The van der Waals surface area contributed by atoms with Gasteiger partial charge in [-0.3, -0.25) is 0 Å². The van der Waals surface area contributed by atoms with Crippen molar-refractivity contribution in [3.63, 3.8) is 0 Å². The highest BCUT2D eigenvalue weighted by atomic mass is 16.5. The summed E-state index contributed by atoms with van der Waals surface area (Å²) in [6.45, 7) is 5.38. The van der Waals surface area contributed by atoms with E-state index in [1.54, 1.807) is 0 Å². The number of hydrogen-bond donors (Lipinski definition) is 1. The number of nitrogens with one attached hydrogen (secondary N) is 1. The summed E-state index contributed by atoms with van der Waals surface area (Å²) in [5.41, 5.74) is 0.137. The van der Waals surface area contributed by atoms with Crippen LogP contribution in [-0.2, 0) is 4.74 Å². The Morgan fingerprint density at radius 3 is 2.35 bits per heavy atom. The van der Waals surface area contributed by atoms with Gasteiger partial charge in [0.1, 0.15) is 0 Å². The summed E-state index contributed by atoms with van der Waals surface area (Å²) in [7, 11) is 2.12. The molecule has 0 radical (unpaired) electrons. The number of rotatable bonds is 6. The first-order valence-electron chi connectivity index (χ1n) is 7.51. The summed E-state index contributed by atoms with van der Waals surface area (Å²) < 4.78 is 6.24. The SMILES string of the molecule is CCOC1(C(CC2CC2)NC)CCC(C)CC1. The van der Waals surface area contributed by atoms with Gasteiger partial charge in [-0.2, -0.15) is 0 Å². The van der Waals surface area contributed by atoms with Gasteiger partial charge in [-0.15, -0.1) is 0 Å². The molecule has 17 heavy (non-hydrogen) atoms. The van der Waals surface area contributed by atoms with E-state index in [0.717, 1.165) is 18.4 Å². The fraction of sp³-hybridized carbons (Fsp3) is 1.00. The molecule has 0 spiro atoms. The molecule has 2 rings (SSSR count). The molecule has 1 atom stereocenters. The maximum absolute atomic E-state index is 6.24. The molecule has 0 aromatic heterocycles. The minimum absolute atomic E-state index is 0.137. The molecule has 0 aliphatic heterocycles.